The molecule has 0 spiro atoms. The molecule has 0 unspecified atom stereocenters. The number of aromatic nitrogens is 2. The summed E-state index contributed by atoms with van der Waals surface area (Å²) < 4.78 is 44.4. The largest absolute Gasteiger partial charge is 0.383 e. The first kappa shape index (κ1) is 16.7. The topological polar surface area (TPSA) is 76.1 Å². The molecule has 0 aliphatic carbocycles. The minimum atomic E-state index is -1.66. The maximum atomic E-state index is 13.5. The van der Waals surface area contributed by atoms with Crippen molar-refractivity contribution in [3.63, 3.8) is 0 Å². The molecule has 0 saturated heterocycles. The Labute approximate surface area is 129 Å². The maximum Gasteiger partial charge on any atom is 0.274 e. The Morgan fingerprint density at radius 3 is 2.74 bits per heavy atom. The molecule has 6 nitrogen and oxygen atoms in total. The molecule has 1 heterocycles. The number of benzene rings is 1. The van der Waals surface area contributed by atoms with Gasteiger partial charge in [-0.25, -0.2) is 23.1 Å². The first-order valence-corrected chi connectivity index (χ1v) is 6.52. The van der Waals surface area contributed by atoms with Crippen LogP contribution in [0.5, 0.6) is 0 Å². The summed E-state index contributed by atoms with van der Waals surface area (Å²) in [6, 6.07) is 2.97. The van der Waals surface area contributed by atoms with E-state index in [0.29, 0.717) is 25.0 Å². The molecular formula is C14H13F3N4O2. The fourth-order valence-electron chi connectivity index (χ4n) is 1.67. The van der Waals surface area contributed by atoms with E-state index in [2.05, 4.69) is 20.6 Å². The van der Waals surface area contributed by atoms with Crippen molar-refractivity contribution in [2.24, 2.45) is 0 Å². The number of nitrogens with zero attached hydrogens (tertiary/aromatic N) is 2. The number of rotatable bonds is 6. The quantitative estimate of drug-likeness (QED) is 0.629. The molecule has 2 N–H and O–H groups in total. The molecule has 2 rings (SSSR count). The summed E-state index contributed by atoms with van der Waals surface area (Å²) in [6.07, 6.45) is 1.14. The van der Waals surface area contributed by atoms with Gasteiger partial charge in [-0.3, -0.25) is 4.79 Å². The Kier molecular flexibility index (Phi) is 5.47. The maximum absolute atomic E-state index is 13.5. The normalized spacial score (nSPS) is 10.4. The second-order valence-electron chi connectivity index (χ2n) is 4.39. The van der Waals surface area contributed by atoms with Gasteiger partial charge in [0.25, 0.3) is 5.91 Å². The fourth-order valence-corrected chi connectivity index (χ4v) is 1.67. The van der Waals surface area contributed by atoms with E-state index in [1.165, 1.54) is 13.2 Å². The summed E-state index contributed by atoms with van der Waals surface area (Å²) in [6.45, 7) is 0.901. The van der Waals surface area contributed by atoms with Crippen molar-refractivity contribution < 1.29 is 22.7 Å². The molecule has 1 aromatic carbocycles. The molecular weight excluding hydrogens is 313 g/mol. The van der Waals surface area contributed by atoms with E-state index in [0.717, 1.165) is 12.4 Å². The van der Waals surface area contributed by atoms with Crippen LogP contribution in [0, 0.1) is 17.5 Å². The second kappa shape index (κ2) is 7.54. The zero-order valence-corrected chi connectivity index (χ0v) is 12.1. The lowest BCUT2D eigenvalue weighted by atomic mass is 10.2. The Bertz CT molecular complexity index is 712. The highest BCUT2D eigenvalue weighted by atomic mass is 19.2. The molecule has 0 radical (unpaired) electrons. The van der Waals surface area contributed by atoms with E-state index in [1.807, 2.05) is 0 Å². The summed E-state index contributed by atoms with van der Waals surface area (Å²) in [4.78, 5) is 19.7. The van der Waals surface area contributed by atoms with E-state index in [-0.39, 0.29) is 5.69 Å². The van der Waals surface area contributed by atoms with Gasteiger partial charge >= 0.3 is 0 Å². The fraction of sp³-hybridized carbons (Fsp3) is 0.214. The van der Waals surface area contributed by atoms with E-state index in [9.17, 15) is 18.0 Å². The number of carbonyl (C=O) groups excluding carboxylic acids is 1. The van der Waals surface area contributed by atoms with Crippen LogP contribution in [0.2, 0.25) is 0 Å². The third-order valence-electron chi connectivity index (χ3n) is 2.80. The van der Waals surface area contributed by atoms with Crippen LogP contribution in [0.15, 0.2) is 24.5 Å². The van der Waals surface area contributed by atoms with Crippen molar-refractivity contribution in [1.82, 2.24) is 9.97 Å². The van der Waals surface area contributed by atoms with E-state index in [4.69, 9.17) is 4.74 Å². The summed E-state index contributed by atoms with van der Waals surface area (Å²) in [7, 11) is 1.54. The Morgan fingerprint density at radius 1 is 1.22 bits per heavy atom. The lowest BCUT2D eigenvalue weighted by Crippen LogP contribution is -2.17. The zero-order valence-electron chi connectivity index (χ0n) is 12.1. The first-order chi connectivity index (χ1) is 11.0. The van der Waals surface area contributed by atoms with Gasteiger partial charge in [0, 0.05) is 19.7 Å². The highest BCUT2D eigenvalue weighted by Crippen LogP contribution is 2.20. The summed E-state index contributed by atoms with van der Waals surface area (Å²) >= 11 is 0. The molecule has 9 heteroatoms. The molecule has 0 bridgehead atoms. The predicted molar refractivity (Wildman–Crippen MR) is 76.7 cm³/mol. The SMILES string of the molecule is COCCNc1cc(C(=O)Nc2ccc(F)c(F)c2F)ncn1. The molecule has 122 valence electrons. The summed E-state index contributed by atoms with van der Waals surface area (Å²) in [5.41, 5.74) is -0.551. The van der Waals surface area contributed by atoms with Gasteiger partial charge < -0.3 is 15.4 Å². The van der Waals surface area contributed by atoms with Gasteiger partial charge in [-0.05, 0) is 12.1 Å². The molecule has 1 amide bonds. The zero-order chi connectivity index (χ0) is 16.8. The number of carbonyl (C=O) groups is 1. The number of hydrogen-bond acceptors (Lipinski definition) is 5. The number of nitrogens with one attached hydrogen (secondary N) is 2. The highest BCUT2D eigenvalue weighted by Gasteiger charge is 2.17. The molecule has 23 heavy (non-hydrogen) atoms. The van der Waals surface area contributed by atoms with Crippen LogP contribution >= 0.6 is 0 Å². The van der Waals surface area contributed by atoms with E-state index >= 15 is 0 Å². The van der Waals surface area contributed by atoms with Crippen molar-refractivity contribution in [1.29, 1.82) is 0 Å². The molecule has 0 fully saturated rings. The van der Waals surface area contributed by atoms with Crippen LogP contribution in [0.3, 0.4) is 0 Å². The van der Waals surface area contributed by atoms with Gasteiger partial charge in [0.1, 0.15) is 17.8 Å². The molecule has 0 aliphatic heterocycles. The predicted octanol–water partition coefficient (Wildman–Crippen LogP) is 2.20. The monoisotopic (exact) mass is 326 g/mol. The minimum Gasteiger partial charge on any atom is -0.383 e. The van der Waals surface area contributed by atoms with Gasteiger partial charge in [0.05, 0.1) is 12.3 Å². The molecule has 0 aliphatic rings. The third kappa shape index (κ3) is 4.16. The second-order valence-corrected chi connectivity index (χ2v) is 4.39. The average molecular weight is 326 g/mol. The van der Waals surface area contributed by atoms with Crippen LogP contribution in [-0.4, -0.2) is 36.1 Å². The summed E-state index contributed by atoms with van der Waals surface area (Å²) in [5.74, 6) is -4.90. The lowest BCUT2D eigenvalue weighted by molar-refractivity contribution is 0.102. The average Bonchev–Trinajstić information content (AvgIpc) is 2.56. The van der Waals surface area contributed by atoms with Crippen LogP contribution in [0.25, 0.3) is 0 Å². The smallest absolute Gasteiger partial charge is 0.274 e. The number of anilines is 2. The standard InChI is InChI=1S/C14H13F3N4O2/c1-23-5-4-18-11-6-10(19-7-20-11)14(22)21-9-3-2-8(15)12(16)13(9)17/h2-3,6-7H,4-5H2,1H3,(H,21,22)(H,18,19,20). The number of methoxy groups -OCH3 is 1. The molecule has 2 aromatic rings. The molecule has 1 aromatic heterocycles. The Hall–Kier alpha value is -2.68. The van der Waals surface area contributed by atoms with Crippen molar-refractivity contribution in [3.05, 3.63) is 47.7 Å². The summed E-state index contributed by atoms with van der Waals surface area (Å²) in [5, 5.41) is 5.02. The van der Waals surface area contributed by atoms with Gasteiger partial charge in [0.15, 0.2) is 17.5 Å². The van der Waals surface area contributed by atoms with Gasteiger partial charge in [-0.15, -0.1) is 0 Å². The van der Waals surface area contributed by atoms with Gasteiger partial charge in [0.2, 0.25) is 0 Å². The Morgan fingerprint density at radius 2 is 2.00 bits per heavy atom. The van der Waals surface area contributed by atoms with Gasteiger partial charge in [-0.2, -0.15) is 0 Å². The van der Waals surface area contributed by atoms with Crippen molar-refractivity contribution in [3.8, 4) is 0 Å². The number of amides is 1. The van der Waals surface area contributed by atoms with Crippen molar-refractivity contribution >= 4 is 17.4 Å². The van der Waals surface area contributed by atoms with Crippen LogP contribution in [0.1, 0.15) is 10.5 Å². The molecule has 0 atom stereocenters. The van der Waals surface area contributed by atoms with E-state index < -0.39 is 29.0 Å². The third-order valence-corrected chi connectivity index (χ3v) is 2.80. The number of hydrogen-bond donors (Lipinski definition) is 2. The van der Waals surface area contributed by atoms with Crippen LogP contribution in [-0.2, 0) is 4.74 Å². The highest BCUT2D eigenvalue weighted by molar-refractivity contribution is 6.03. The van der Waals surface area contributed by atoms with Crippen molar-refractivity contribution in [2.75, 3.05) is 30.9 Å². The van der Waals surface area contributed by atoms with E-state index in [1.54, 1.807) is 0 Å². The number of ether oxygens (including phenoxy) is 1. The van der Waals surface area contributed by atoms with Gasteiger partial charge in [-0.1, -0.05) is 0 Å². The minimum absolute atomic E-state index is 0.0657. The van der Waals surface area contributed by atoms with Crippen LogP contribution < -0.4 is 10.6 Å². The Balaban J connectivity index is 2.12. The van der Waals surface area contributed by atoms with Crippen LogP contribution in [0.4, 0.5) is 24.7 Å². The first-order valence-electron chi connectivity index (χ1n) is 6.52. The number of halogens is 3. The molecule has 0 saturated carbocycles. The lowest BCUT2D eigenvalue weighted by Gasteiger charge is -2.08. The van der Waals surface area contributed by atoms with Crippen molar-refractivity contribution in [2.45, 2.75) is 0 Å².